The van der Waals surface area contributed by atoms with Gasteiger partial charge in [0.15, 0.2) is 0 Å². The third-order valence-corrected chi connectivity index (χ3v) is 3.28. The van der Waals surface area contributed by atoms with Crippen molar-refractivity contribution in [3.63, 3.8) is 0 Å². The van der Waals surface area contributed by atoms with E-state index in [9.17, 15) is 4.79 Å². The minimum absolute atomic E-state index is 0.301. The van der Waals surface area contributed by atoms with Gasteiger partial charge in [0.05, 0.1) is 18.2 Å². The third kappa shape index (κ3) is 1.40. The van der Waals surface area contributed by atoms with Crippen LogP contribution in [0, 0.1) is 6.92 Å². The van der Waals surface area contributed by atoms with Crippen molar-refractivity contribution in [2.24, 2.45) is 0 Å². The molecule has 0 bridgehead atoms. The van der Waals surface area contributed by atoms with Crippen molar-refractivity contribution in [1.29, 1.82) is 0 Å². The number of hydrogen-bond acceptors (Lipinski definition) is 2. The van der Waals surface area contributed by atoms with Gasteiger partial charge in [-0.1, -0.05) is 24.3 Å². The van der Waals surface area contributed by atoms with Gasteiger partial charge in [-0.25, -0.2) is 4.79 Å². The number of carbonyl (C=O) groups excluding carboxylic acids is 1. The van der Waals surface area contributed by atoms with E-state index in [-0.39, 0.29) is 5.97 Å². The number of carbonyl (C=O) groups is 1. The highest BCUT2D eigenvalue weighted by Gasteiger charge is 2.15. The average Bonchev–Trinajstić information content (AvgIpc) is 2.79. The molecule has 0 aliphatic carbocycles. The molecule has 0 saturated carbocycles. The Morgan fingerprint density at radius 2 is 1.94 bits per heavy atom. The van der Waals surface area contributed by atoms with Gasteiger partial charge in [-0.3, -0.25) is 0 Å². The van der Waals surface area contributed by atoms with E-state index in [1.807, 2.05) is 43.3 Å². The molecule has 0 saturated heterocycles. The Morgan fingerprint density at radius 1 is 1.17 bits per heavy atom. The lowest BCUT2D eigenvalue weighted by Gasteiger charge is -2.03. The number of aromatic amines is 1. The molecule has 0 aliphatic heterocycles. The van der Waals surface area contributed by atoms with Gasteiger partial charge in [-0.15, -0.1) is 0 Å². The number of methoxy groups -OCH3 is 1. The maximum absolute atomic E-state index is 11.8. The largest absolute Gasteiger partial charge is 0.465 e. The number of H-pyrrole nitrogens is 1. The molecule has 3 rings (SSSR count). The highest BCUT2D eigenvalue weighted by molar-refractivity contribution is 6.17. The van der Waals surface area contributed by atoms with E-state index in [1.54, 1.807) is 0 Å². The van der Waals surface area contributed by atoms with Crippen molar-refractivity contribution in [3.8, 4) is 0 Å². The molecule has 0 amide bonds. The van der Waals surface area contributed by atoms with E-state index < -0.39 is 0 Å². The van der Waals surface area contributed by atoms with Crippen LogP contribution in [0.25, 0.3) is 21.8 Å². The Bertz CT molecular complexity index is 756. The van der Waals surface area contributed by atoms with Crippen LogP contribution in [0.15, 0.2) is 36.4 Å². The second kappa shape index (κ2) is 3.88. The summed E-state index contributed by atoms with van der Waals surface area (Å²) in [6.45, 7) is 2.03. The van der Waals surface area contributed by atoms with Gasteiger partial charge in [0.25, 0.3) is 0 Å². The van der Waals surface area contributed by atoms with E-state index in [1.165, 1.54) is 7.11 Å². The van der Waals surface area contributed by atoms with Gasteiger partial charge in [0.2, 0.25) is 0 Å². The summed E-state index contributed by atoms with van der Waals surface area (Å²) in [4.78, 5) is 15.2. The standard InChI is InChI=1S/C15H13NO2/c1-9-7-8-11(15(17)18-2)13-10-5-3-4-6-12(10)16-14(9)13/h3-8,16H,1-2H3. The van der Waals surface area contributed by atoms with Crippen molar-refractivity contribution >= 4 is 27.8 Å². The maximum atomic E-state index is 11.8. The molecule has 1 aromatic heterocycles. The molecule has 1 heterocycles. The second-order valence-corrected chi connectivity index (χ2v) is 4.34. The number of hydrogen-bond donors (Lipinski definition) is 1. The van der Waals surface area contributed by atoms with E-state index in [4.69, 9.17) is 4.74 Å². The van der Waals surface area contributed by atoms with Crippen LogP contribution in [-0.2, 0) is 4.74 Å². The number of aryl methyl sites for hydroxylation is 1. The lowest BCUT2D eigenvalue weighted by atomic mass is 10.0. The summed E-state index contributed by atoms with van der Waals surface area (Å²) in [7, 11) is 1.41. The van der Waals surface area contributed by atoms with Gasteiger partial charge in [0, 0.05) is 16.3 Å². The zero-order valence-electron chi connectivity index (χ0n) is 10.3. The molecule has 3 heteroatoms. The molecule has 90 valence electrons. The summed E-state index contributed by atoms with van der Waals surface area (Å²) in [5.41, 5.74) is 3.76. The van der Waals surface area contributed by atoms with Gasteiger partial charge < -0.3 is 9.72 Å². The fraction of sp³-hybridized carbons (Fsp3) is 0.133. The van der Waals surface area contributed by atoms with E-state index in [2.05, 4.69) is 4.98 Å². The highest BCUT2D eigenvalue weighted by atomic mass is 16.5. The zero-order chi connectivity index (χ0) is 12.7. The van der Waals surface area contributed by atoms with Gasteiger partial charge in [-0.05, 0) is 24.6 Å². The number of benzene rings is 2. The van der Waals surface area contributed by atoms with Crippen molar-refractivity contribution in [3.05, 3.63) is 47.5 Å². The highest BCUT2D eigenvalue weighted by Crippen LogP contribution is 2.30. The van der Waals surface area contributed by atoms with Crippen LogP contribution < -0.4 is 0 Å². The van der Waals surface area contributed by atoms with Crippen LogP contribution in [0.1, 0.15) is 15.9 Å². The van der Waals surface area contributed by atoms with Crippen LogP contribution in [0.3, 0.4) is 0 Å². The lowest BCUT2D eigenvalue weighted by Crippen LogP contribution is -2.01. The van der Waals surface area contributed by atoms with Gasteiger partial charge in [-0.2, -0.15) is 0 Å². The number of aromatic nitrogens is 1. The maximum Gasteiger partial charge on any atom is 0.338 e. The van der Waals surface area contributed by atoms with Crippen molar-refractivity contribution in [2.75, 3.05) is 7.11 Å². The van der Waals surface area contributed by atoms with Crippen molar-refractivity contribution < 1.29 is 9.53 Å². The average molecular weight is 239 g/mol. The van der Waals surface area contributed by atoms with Crippen LogP contribution in [0.5, 0.6) is 0 Å². The summed E-state index contributed by atoms with van der Waals surface area (Å²) >= 11 is 0. The molecule has 2 aromatic carbocycles. The number of nitrogens with one attached hydrogen (secondary N) is 1. The molecule has 0 spiro atoms. The first-order valence-corrected chi connectivity index (χ1v) is 5.80. The first kappa shape index (κ1) is 10.8. The predicted molar refractivity (Wildman–Crippen MR) is 71.9 cm³/mol. The normalized spacial score (nSPS) is 11.0. The van der Waals surface area contributed by atoms with Gasteiger partial charge in [0.1, 0.15) is 0 Å². The molecule has 0 unspecified atom stereocenters. The summed E-state index contributed by atoms with van der Waals surface area (Å²) in [5.74, 6) is -0.301. The van der Waals surface area contributed by atoms with E-state index in [0.717, 1.165) is 27.4 Å². The topological polar surface area (TPSA) is 42.1 Å². The van der Waals surface area contributed by atoms with Crippen molar-refractivity contribution in [2.45, 2.75) is 6.92 Å². The number of rotatable bonds is 1. The second-order valence-electron chi connectivity index (χ2n) is 4.34. The Labute approximate surface area is 104 Å². The molecule has 18 heavy (non-hydrogen) atoms. The van der Waals surface area contributed by atoms with E-state index >= 15 is 0 Å². The summed E-state index contributed by atoms with van der Waals surface area (Å²) in [6.07, 6.45) is 0. The smallest absolute Gasteiger partial charge is 0.338 e. The number of ether oxygens (including phenoxy) is 1. The van der Waals surface area contributed by atoms with Crippen LogP contribution in [-0.4, -0.2) is 18.1 Å². The Morgan fingerprint density at radius 3 is 2.72 bits per heavy atom. The first-order valence-electron chi connectivity index (χ1n) is 5.80. The quantitative estimate of drug-likeness (QED) is 0.661. The monoisotopic (exact) mass is 239 g/mol. The number of esters is 1. The fourth-order valence-corrected chi connectivity index (χ4v) is 2.37. The summed E-state index contributed by atoms with van der Waals surface area (Å²) < 4.78 is 4.85. The number of para-hydroxylation sites is 1. The van der Waals surface area contributed by atoms with Crippen LogP contribution in [0.2, 0.25) is 0 Å². The zero-order valence-corrected chi connectivity index (χ0v) is 10.3. The van der Waals surface area contributed by atoms with Gasteiger partial charge >= 0.3 is 5.97 Å². The fourth-order valence-electron chi connectivity index (χ4n) is 2.37. The minimum Gasteiger partial charge on any atom is -0.465 e. The summed E-state index contributed by atoms with van der Waals surface area (Å²) in [6, 6.07) is 11.7. The molecule has 3 aromatic rings. The molecular weight excluding hydrogens is 226 g/mol. The molecule has 0 aliphatic rings. The van der Waals surface area contributed by atoms with E-state index in [0.29, 0.717) is 5.56 Å². The molecule has 0 atom stereocenters. The minimum atomic E-state index is -0.301. The number of fused-ring (bicyclic) bond motifs is 3. The SMILES string of the molecule is COC(=O)c1ccc(C)c2[nH]c3ccccc3c12. The van der Waals surface area contributed by atoms with Crippen LogP contribution in [0.4, 0.5) is 0 Å². The first-order chi connectivity index (χ1) is 8.72. The lowest BCUT2D eigenvalue weighted by molar-refractivity contribution is 0.0603. The summed E-state index contributed by atoms with van der Waals surface area (Å²) in [5, 5.41) is 1.99. The Balaban J connectivity index is 2.51. The molecule has 0 fully saturated rings. The van der Waals surface area contributed by atoms with Crippen LogP contribution >= 0.6 is 0 Å². The Kier molecular flexibility index (Phi) is 2.33. The molecule has 3 nitrogen and oxygen atoms in total. The van der Waals surface area contributed by atoms with Crippen molar-refractivity contribution in [1.82, 2.24) is 4.98 Å². The Hall–Kier alpha value is -2.29. The third-order valence-electron chi connectivity index (χ3n) is 3.28. The predicted octanol–water partition coefficient (Wildman–Crippen LogP) is 3.42. The molecule has 1 N–H and O–H groups in total. The molecule has 0 radical (unpaired) electrons. The molecular formula is C15H13NO2.